The molecule has 0 radical (unpaired) electrons. The quantitative estimate of drug-likeness (QED) is 0.488. The van der Waals surface area contributed by atoms with Crippen LogP contribution < -0.4 is 16.0 Å². The number of thiophene rings is 1. The number of hydrogen-bond acceptors (Lipinski definition) is 4. The molecule has 1 aliphatic rings. The lowest BCUT2D eigenvalue weighted by atomic mass is 10.2. The molecule has 6 nitrogen and oxygen atoms in total. The van der Waals surface area contributed by atoms with Crippen LogP contribution in [0.1, 0.15) is 36.4 Å². The summed E-state index contributed by atoms with van der Waals surface area (Å²) in [7, 11) is 1.77. The van der Waals surface area contributed by atoms with Crippen molar-refractivity contribution in [1.82, 2.24) is 16.0 Å². The summed E-state index contributed by atoms with van der Waals surface area (Å²) in [6, 6.07) is 4.69. The number of carbonyl (C=O) groups is 1. The van der Waals surface area contributed by atoms with Crippen LogP contribution in [0.3, 0.4) is 0 Å². The van der Waals surface area contributed by atoms with Crippen LogP contribution in [-0.2, 0) is 11.2 Å². The van der Waals surface area contributed by atoms with Crippen molar-refractivity contribution < 1.29 is 9.53 Å². The molecule has 140 valence electrons. The molecule has 0 aliphatic heterocycles. The van der Waals surface area contributed by atoms with Crippen LogP contribution in [0.2, 0.25) is 0 Å². The highest BCUT2D eigenvalue weighted by Gasteiger charge is 2.32. The Labute approximate surface area is 154 Å². The second kappa shape index (κ2) is 9.65. The summed E-state index contributed by atoms with van der Waals surface area (Å²) in [6.45, 7) is 7.12. The lowest BCUT2D eigenvalue weighted by molar-refractivity contribution is 0.146. The lowest BCUT2D eigenvalue weighted by Gasteiger charge is -2.22. The monoisotopic (exact) mass is 366 g/mol. The number of nitrogens with zero attached hydrogens (tertiary/aromatic N) is 1. The van der Waals surface area contributed by atoms with Crippen LogP contribution in [0.15, 0.2) is 17.1 Å². The van der Waals surface area contributed by atoms with Gasteiger partial charge in [-0.15, -0.1) is 11.3 Å². The zero-order valence-electron chi connectivity index (χ0n) is 15.6. The van der Waals surface area contributed by atoms with Gasteiger partial charge in [0.2, 0.25) is 0 Å². The van der Waals surface area contributed by atoms with Gasteiger partial charge in [0, 0.05) is 35.8 Å². The van der Waals surface area contributed by atoms with Crippen molar-refractivity contribution in [2.24, 2.45) is 10.9 Å². The number of rotatable bonds is 8. The molecule has 0 spiro atoms. The standard InChI is InChI=1S/C18H30N4O2S/c1-5-24-18(23)22-16(14-7-8-14)11-20-17(19-4)21-12(2)10-15-9-6-13(3)25-15/h6,9,12,14,16H,5,7-8,10-11H2,1-4H3,(H,22,23)(H2,19,20,21). The van der Waals surface area contributed by atoms with Gasteiger partial charge in [0.15, 0.2) is 5.96 Å². The van der Waals surface area contributed by atoms with E-state index in [1.165, 1.54) is 9.75 Å². The van der Waals surface area contributed by atoms with E-state index < -0.39 is 0 Å². The fraction of sp³-hybridized carbons (Fsp3) is 0.667. The molecule has 0 aromatic carbocycles. The summed E-state index contributed by atoms with van der Waals surface area (Å²) < 4.78 is 4.99. The van der Waals surface area contributed by atoms with E-state index in [4.69, 9.17) is 4.74 Å². The molecule has 1 amide bonds. The molecular formula is C18H30N4O2S. The average Bonchev–Trinajstić information content (AvgIpc) is 3.33. The van der Waals surface area contributed by atoms with Crippen LogP contribution in [0.4, 0.5) is 4.79 Å². The first kappa shape index (κ1) is 19.6. The molecule has 3 N–H and O–H groups in total. The highest BCUT2D eigenvalue weighted by Crippen LogP contribution is 2.32. The minimum absolute atomic E-state index is 0.0767. The normalized spacial score (nSPS) is 16.9. The highest BCUT2D eigenvalue weighted by molar-refractivity contribution is 7.11. The topological polar surface area (TPSA) is 74.8 Å². The maximum Gasteiger partial charge on any atom is 0.407 e. The van der Waals surface area contributed by atoms with Crippen molar-refractivity contribution in [1.29, 1.82) is 0 Å². The van der Waals surface area contributed by atoms with Gasteiger partial charge in [-0.3, -0.25) is 4.99 Å². The number of ether oxygens (including phenoxy) is 1. The van der Waals surface area contributed by atoms with Crippen LogP contribution in [0.25, 0.3) is 0 Å². The second-order valence-corrected chi connectivity index (χ2v) is 7.90. The minimum Gasteiger partial charge on any atom is -0.450 e. The van der Waals surface area contributed by atoms with Gasteiger partial charge in [0.05, 0.1) is 12.6 Å². The van der Waals surface area contributed by atoms with Crippen molar-refractivity contribution in [2.45, 2.75) is 52.1 Å². The van der Waals surface area contributed by atoms with Gasteiger partial charge in [-0.25, -0.2) is 4.79 Å². The Morgan fingerprint density at radius 2 is 2.16 bits per heavy atom. The molecule has 1 saturated carbocycles. The number of nitrogens with one attached hydrogen (secondary N) is 3. The Morgan fingerprint density at radius 1 is 1.40 bits per heavy atom. The Bertz CT molecular complexity index is 583. The smallest absolute Gasteiger partial charge is 0.407 e. The maximum absolute atomic E-state index is 11.7. The number of carbonyl (C=O) groups excluding carboxylic acids is 1. The molecule has 1 heterocycles. The van der Waals surface area contributed by atoms with E-state index in [1.807, 2.05) is 18.3 Å². The lowest BCUT2D eigenvalue weighted by Crippen LogP contribution is -2.50. The SMILES string of the molecule is CCOC(=O)NC(CNC(=NC)NC(C)Cc1ccc(C)s1)C1CC1. The first-order valence-corrected chi connectivity index (χ1v) is 9.79. The summed E-state index contributed by atoms with van der Waals surface area (Å²) in [5.41, 5.74) is 0. The first-order valence-electron chi connectivity index (χ1n) is 8.97. The molecular weight excluding hydrogens is 336 g/mol. The van der Waals surface area contributed by atoms with E-state index in [2.05, 4.69) is 46.9 Å². The molecule has 1 aromatic rings. The third kappa shape index (κ3) is 6.94. The van der Waals surface area contributed by atoms with E-state index in [9.17, 15) is 4.79 Å². The van der Waals surface area contributed by atoms with Gasteiger partial charge in [0.1, 0.15) is 0 Å². The molecule has 25 heavy (non-hydrogen) atoms. The predicted octanol–water partition coefficient (Wildman–Crippen LogP) is 2.68. The number of aryl methyl sites for hydroxylation is 1. The van der Waals surface area contributed by atoms with Crippen molar-refractivity contribution >= 4 is 23.4 Å². The third-order valence-electron chi connectivity index (χ3n) is 4.17. The van der Waals surface area contributed by atoms with Crippen LogP contribution in [0, 0.1) is 12.8 Å². The van der Waals surface area contributed by atoms with Crippen LogP contribution in [-0.4, -0.2) is 44.3 Å². The molecule has 2 rings (SSSR count). The van der Waals surface area contributed by atoms with Gasteiger partial charge in [-0.05, 0) is 51.7 Å². The highest BCUT2D eigenvalue weighted by atomic mass is 32.1. The number of aliphatic imine (C=N–C) groups is 1. The Hall–Kier alpha value is -1.76. The van der Waals surface area contributed by atoms with Gasteiger partial charge in [-0.2, -0.15) is 0 Å². The van der Waals surface area contributed by atoms with E-state index in [1.54, 1.807) is 7.05 Å². The molecule has 2 atom stereocenters. The number of amides is 1. The van der Waals surface area contributed by atoms with Crippen molar-refractivity contribution in [3.63, 3.8) is 0 Å². The van der Waals surface area contributed by atoms with E-state index in [0.717, 1.165) is 25.2 Å². The number of hydrogen-bond donors (Lipinski definition) is 3. The van der Waals surface area contributed by atoms with Gasteiger partial charge in [0.25, 0.3) is 0 Å². The maximum atomic E-state index is 11.7. The fourth-order valence-corrected chi connectivity index (χ4v) is 3.76. The summed E-state index contributed by atoms with van der Waals surface area (Å²) in [5, 5.41) is 9.70. The Balaban J connectivity index is 1.78. The summed E-state index contributed by atoms with van der Waals surface area (Å²) in [4.78, 5) is 18.7. The van der Waals surface area contributed by atoms with Gasteiger partial charge in [-0.1, -0.05) is 0 Å². The number of alkyl carbamates (subject to hydrolysis) is 1. The number of guanidine groups is 1. The van der Waals surface area contributed by atoms with E-state index in [0.29, 0.717) is 19.1 Å². The largest absolute Gasteiger partial charge is 0.450 e. The van der Waals surface area contributed by atoms with Crippen molar-refractivity contribution in [3.8, 4) is 0 Å². The van der Waals surface area contributed by atoms with Gasteiger partial charge < -0.3 is 20.7 Å². The van der Waals surface area contributed by atoms with Crippen LogP contribution in [0.5, 0.6) is 0 Å². The Morgan fingerprint density at radius 3 is 2.72 bits per heavy atom. The third-order valence-corrected chi connectivity index (χ3v) is 5.19. The molecule has 1 aromatic heterocycles. The van der Waals surface area contributed by atoms with Crippen LogP contribution >= 0.6 is 11.3 Å². The predicted molar refractivity (Wildman–Crippen MR) is 103 cm³/mol. The van der Waals surface area contributed by atoms with E-state index >= 15 is 0 Å². The zero-order chi connectivity index (χ0) is 18.2. The molecule has 7 heteroatoms. The average molecular weight is 367 g/mol. The Kier molecular flexibility index (Phi) is 7.55. The molecule has 0 bridgehead atoms. The second-order valence-electron chi connectivity index (χ2n) is 6.52. The molecule has 1 fully saturated rings. The minimum atomic E-state index is -0.342. The van der Waals surface area contributed by atoms with Crippen molar-refractivity contribution in [2.75, 3.05) is 20.2 Å². The molecule has 1 aliphatic carbocycles. The molecule has 0 saturated heterocycles. The van der Waals surface area contributed by atoms with E-state index in [-0.39, 0.29) is 18.2 Å². The molecule has 2 unspecified atom stereocenters. The fourth-order valence-electron chi connectivity index (χ4n) is 2.74. The first-order chi connectivity index (χ1) is 12.0. The summed E-state index contributed by atoms with van der Waals surface area (Å²) in [5.74, 6) is 1.29. The summed E-state index contributed by atoms with van der Waals surface area (Å²) >= 11 is 1.83. The zero-order valence-corrected chi connectivity index (χ0v) is 16.4. The summed E-state index contributed by atoms with van der Waals surface area (Å²) in [6.07, 6.45) is 2.93. The van der Waals surface area contributed by atoms with Crippen molar-refractivity contribution in [3.05, 3.63) is 21.9 Å². The van der Waals surface area contributed by atoms with Gasteiger partial charge >= 0.3 is 6.09 Å².